The van der Waals surface area contributed by atoms with E-state index in [-0.39, 0.29) is 24.5 Å². The van der Waals surface area contributed by atoms with Crippen LogP contribution in [-0.4, -0.2) is 29.7 Å². The maximum absolute atomic E-state index is 12.4. The van der Waals surface area contributed by atoms with E-state index in [0.29, 0.717) is 12.1 Å². The van der Waals surface area contributed by atoms with Crippen molar-refractivity contribution in [1.82, 2.24) is 10.2 Å². The molecule has 0 spiro atoms. The number of ketones is 1. The Morgan fingerprint density at radius 3 is 2.34 bits per heavy atom. The fourth-order valence-electron chi connectivity index (χ4n) is 3.81. The molecule has 0 aromatic heterocycles. The Morgan fingerprint density at radius 2 is 1.62 bits per heavy atom. The van der Waals surface area contributed by atoms with Gasteiger partial charge in [0.05, 0.1) is 0 Å². The summed E-state index contributed by atoms with van der Waals surface area (Å²) < 4.78 is 0. The number of amides is 1. The van der Waals surface area contributed by atoms with Crippen molar-refractivity contribution < 1.29 is 9.59 Å². The van der Waals surface area contributed by atoms with Gasteiger partial charge in [-0.05, 0) is 68.1 Å². The minimum absolute atomic E-state index is 0.0220. The molecule has 1 heterocycles. The van der Waals surface area contributed by atoms with Gasteiger partial charge in [-0.3, -0.25) is 14.5 Å². The monoisotopic (exact) mass is 392 g/mol. The van der Waals surface area contributed by atoms with E-state index in [1.807, 2.05) is 38.1 Å². The zero-order valence-electron chi connectivity index (χ0n) is 17.7. The van der Waals surface area contributed by atoms with Gasteiger partial charge < -0.3 is 5.32 Å². The molecule has 154 valence electrons. The molecular weight excluding hydrogens is 360 g/mol. The number of rotatable bonds is 8. The topological polar surface area (TPSA) is 49.4 Å². The predicted molar refractivity (Wildman–Crippen MR) is 117 cm³/mol. The lowest BCUT2D eigenvalue weighted by Crippen LogP contribution is -2.30. The van der Waals surface area contributed by atoms with Gasteiger partial charge in [-0.25, -0.2) is 0 Å². The van der Waals surface area contributed by atoms with Crippen LogP contribution in [0.25, 0.3) is 0 Å². The highest BCUT2D eigenvalue weighted by Gasteiger charge is 2.14. The lowest BCUT2D eigenvalue weighted by molar-refractivity contribution is -0.121. The second-order valence-electron chi connectivity index (χ2n) is 8.10. The van der Waals surface area contributed by atoms with Gasteiger partial charge in [-0.1, -0.05) is 42.8 Å². The van der Waals surface area contributed by atoms with E-state index in [4.69, 9.17) is 0 Å². The molecule has 3 rings (SSSR count). The molecule has 0 unspecified atom stereocenters. The third-order valence-corrected chi connectivity index (χ3v) is 5.85. The van der Waals surface area contributed by atoms with Crippen LogP contribution in [0.2, 0.25) is 0 Å². The standard InChI is InChI=1S/C25H32N2O2/c1-19-10-11-21(16-20(19)2)24(28)12-13-25(29)26-17-22-8-4-5-9-23(22)18-27-14-6-3-7-15-27/h4-5,8-11,16H,3,6-7,12-15,17-18H2,1-2H3,(H,26,29). The van der Waals surface area contributed by atoms with Gasteiger partial charge in [0.25, 0.3) is 0 Å². The fraction of sp³-hybridized carbons (Fsp3) is 0.440. The molecule has 1 fully saturated rings. The molecule has 0 bridgehead atoms. The molecular formula is C25H32N2O2. The molecule has 2 aromatic rings. The van der Waals surface area contributed by atoms with Crippen molar-refractivity contribution in [3.05, 3.63) is 70.3 Å². The summed E-state index contributed by atoms with van der Waals surface area (Å²) in [5.74, 6) is -0.0521. The number of hydrogen-bond acceptors (Lipinski definition) is 3. The normalized spacial score (nSPS) is 14.6. The van der Waals surface area contributed by atoms with Gasteiger partial charge in [0.2, 0.25) is 5.91 Å². The summed E-state index contributed by atoms with van der Waals surface area (Å²) in [6.45, 7) is 7.79. The van der Waals surface area contributed by atoms with Crippen LogP contribution >= 0.6 is 0 Å². The number of piperidine rings is 1. The summed E-state index contributed by atoms with van der Waals surface area (Å²) in [6.07, 6.45) is 4.33. The van der Waals surface area contributed by atoms with Crippen LogP contribution in [0.4, 0.5) is 0 Å². The Hall–Kier alpha value is -2.46. The molecule has 0 atom stereocenters. The summed E-state index contributed by atoms with van der Waals surface area (Å²) in [6, 6.07) is 14.0. The molecule has 0 aliphatic carbocycles. The van der Waals surface area contributed by atoms with Crippen LogP contribution < -0.4 is 5.32 Å². The first kappa shape index (κ1) is 21.3. The van der Waals surface area contributed by atoms with Gasteiger partial charge in [0, 0.05) is 31.5 Å². The minimum Gasteiger partial charge on any atom is -0.352 e. The van der Waals surface area contributed by atoms with E-state index in [2.05, 4.69) is 28.4 Å². The van der Waals surface area contributed by atoms with E-state index in [1.54, 1.807) is 0 Å². The molecule has 1 N–H and O–H groups in total. The van der Waals surface area contributed by atoms with E-state index < -0.39 is 0 Å². The maximum atomic E-state index is 12.4. The molecule has 0 saturated carbocycles. The average Bonchev–Trinajstić information content (AvgIpc) is 2.74. The first-order chi connectivity index (χ1) is 14.0. The summed E-state index contributed by atoms with van der Waals surface area (Å²) in [4.78, 5) is 27.2. The number of hydrogen-bond donors (Lipinski definition) is 1. The van der Waals surface area contributed by atoms with Crippen molar-refractivity contribution >= 4 is 11.7 Å². The molecule has 29 heavy (non-hydrogen) atoms. The van der Waals surface area contributed by atoms with Crippen molar-refractivity contribution in [2.24, 2.45) is 0 Å². The first-order valence-corrected chi connectivity index (χ1v) is 10.7. The first-order valence-electron chi connectivity index (χ1n) is 10.7. The maximum Gasteiger partial charge on any atom is 0.220 e. The molecule has 0 radical (unpaired) electrons. The zero-order chi connectivity index (χ0) is 20.6. The van der Waals surface area contributed by atoms with E-state index in [9.17, 15) is 9.59 Å². The predicted octanol–water partition coefficient (Wildman–Crippen LogP) is 4.57. The summed E-state index contributed by atoms with van der Waals surface area (Å²) in [7, 11) is 0. The number of nitrogens with one attached hydrogen (secondary N) is 1. The highest BCUT2D eigenvalue weighted by molar-refractivity contribution is 5.98. The molecule has 4 heteroatoms. The van der Waals surface area contributed by atoms with Gasteiger partial charge in [-0.2, -0.15) is 0 Å². The second-order valence-corrected chi connectivity index (χ2v) is 8.10. The van der Waals surface area contributed by atoms with Crippen molar-refractivity contribution in [3.63, 3.8) is 0 Å². The van der Waals surface area contributed by atoms with Crippen LogP contribution in [-0.2, 0) is 17.9 Å². The van der Waals surface area contributed by atoms with E-state index in [1.165, 1.54) is 30.4 Å². The molecule has 1 saturated heterocycles. The van der Waals surface area contributed by atoms with Crippen molar-refractivity contribution in [2.45, 2.75) is 59.0 Å². The summed E-state index contributed by atoms with van der Waals surface area (Å²) in [5, 5.41) is 2.99. The van der Waals surface area contributed by atoms with Crippen LogP contribution in [0.1, 0.15) is 64.7 Å². The largest absolute Gasteiger partial charge is 0.352 e. The molecule has 4 nitrogen and oxygen atoms in total. The molecule has 1 aliphatic rings. The number of benzene rings is 2. The molecule has 2 aromatic carbocycles. The third-order valence-electron chi connectivity index (χ3n) is 5.85. The number of likely N-dealkylation sites (tertiary alicyclic amines) is 1. The minimum atomic E-state index is -0.0741. The molecule has 1 aliphatic heterocycles. The van der Waals surface area contributed by atoms with Crippen molar-refractivity contribution in [3.8, 4) is 0 Å². The SMILES string of the molecule is Cc1ccc(C(=O)CCC(=O)NCc2ccccc2CN2CCCCC2)cc1C. The Kier molecular flexibility index (Phi) is 7.59. The highest BCUT2D eigenvalue weighted by Crippen LogP contribution is 2.16. The molecule has 1 amide bonds. The number of carbonyl (C=O) groups excluding carboxylic acids is 2. The lowest BCUT2D eigenvalue weighted by atomic mass is 10.0. The van der Waals surface area contributed by atoms with Gasteiger partial charge in [0.1, 0.15) is 0 Å². The van der Waals surface area contributed by atoms with Crippen LogP contribution in [0.5, 0.6) is 0 Å². The van der Waals surface area contributed by atoms with Gasteiger partial charge in [0.15, 0.2) is 5.78 Å². The van der Waals surface area contributed by atoms with E-state index >= 15 is 0 Å². The Labute approximate surface area is 174 Å². The van der Waals surface area contributed by atoms with E-state index in [0.717, 1.165) is 30.8 Å². The lowest BCUT2D eigenvalue weighted by Gasteiger charge is -2.27. The van der Waals surface area contributed by atoms with Crippen molar-refractivity contribution in [2.75, 3.05) is 13.1 Å². The second kappa shape index (κ2) is 10.4. The third kappa shape index (κ3) is 6.26. The number of Topliss-reactive ketones (excluding diaryl/α,β-unsaturated/α-hetero) is 1. The fourth-order valence-corrected chi connectivity index (χ4v) is 3.81. The number of aryl methyl sites for hydroxylation is 2. The summed E-state index contributed by atoms with van der Waals surface area (Å²) in [5.41, 5.74) is 5.40. The van der Waals surface area contributed by atoms with Crippen LogP contribution in [0.3, 0.4) is 0 Å². The zero-order valence-corrected chi connectivity index (χ0v) is 17.7. The summed E-state index contributed by atoms with van der Waals surface area (Å²) >= 11 is 0. The smallest absolute Gasteiger partial charge is 0.220 e. The Bertz CT molecular complexity index is 854. The Balaban J connectivity index is 1.49. The number of carbonyl (C=O) groups is 2. The van der Waals surface area contributed by atoms with Gasteiger partial charge in [-0.15, -0.1) is 0 Å². The quantitative estimate of drug-likeness (QED) is 0.670. The average molecular weight is 393 g/mol. The number of nitrogens with zero attached hydrogens (tertiary/aromatic N) is 1. The Morgan fingerprint density at radius 1 is 0.897 bits per heavy atom. The van der Waals surface area contributed by atoms with Crippen LogP contribution in [0, 0.1) is 13.8 Å². The van der Waals surface area contributed by atoms with Crippen LogP contribution in [0.15, 0.2) is 42.5 Å². The van der Waals surface area contributed by atoms with Crippen molar-refractivity contribution in [1.29, 1.82) is 0 Å². The van der Waals surface area contributed by atoms with Gasteiger partial charge >= 0.3 is 0 Å². The highest BCUT2D eigenvalue weighted by atomic mass is 16.2.